The van der Waals surface area contributed by atoms with Crippen molar-refractivity contribution in [2.24, 2.45) is 0 Å². The normalized spacial score (nSPS) is 23.8. The molecule has 5 atom stereocenters. The van der Waals surface area contributed by atoms with Crippen LogP contribution in [0, 0.1) is 0 Å². The second kappa shape index (κ2) is 13.3. The highest BCUT2D eigenvalue weighted by molar-refractivity contribution is 5.69. The fourth-order valence-electron chi connectivity index (χ4n) is 5.36. The summed E-state index contributed by atoms with van der Waals surface area (Å²) in [6.07, 6.45) is -1.48. The minimum absolute atomic E-state index is 0.259. The first-order valence-electron chi connectivity index (χ1n) is 14.1. The van der Waals surface area contributed by atoms with Crippen molar-refractivity contribution in [3.63, 3.8) is 0 Å². The van der Waals surface area contributed by atoms with Gasteiger partial charge in [0.2, 0.25) is 0 Å². The Labute approximate surface area is 240 Å². The number of aryl methyl sites for hydroxylation is 1. The number of carbonyl (C=O) groups excluding carboxylic acids is 4. The van der Waals surface area contributed by atoms with Gasteiger partial charge in [0, 0.05) is 27.7 Å². The summed E-state index contributed by atoms with van der Waals surface area (Å²) in [6, 6.07) is 14.6. The van der Waals surface area contributed by atoms with Gasteiger partial charge in [0.15, 0.2) is 18.3 Å². The number of hydrogen-bond donors (Lipinski definition) is 0. The van der Waals surface area contributed by atoms with E-state index in [9.17, 15) is 19.2 Å². The Morgan fingerprint density at radius 3 is 1.90 bits per heavy atom. The number of rotatable bonds is 10. The van der Waals surface area contributed by atoms with Crippen molar-refractivity contribution in [2.45, 2.75) is 96.7 Å². The van der Waals surface area contributed by atoms with E-state index in [-0.39, 0.29) is 6.61 Å². The van der Waals surface area contributed by atoms with Crippen LogP contribution in [-0.2, 0) is 55.7 Å². The van der Waals surface area contributed by atoms with Crippen LogP contribution in [0.5, 0.6) is 0 Å². The number of benzene rings is 2. The molecule has 1 heterocycles. The monoisotopic (exact) mass is 566 g/mol. The Kier molecular flexibility index (Phi) is 9.81. The molecule has 0 spiro atoms. The van der Waals surface area contributed by atoms with Crippen LogP contribution in [0.2, 0.25) is 0 Å². The predicted octanol–water partition coefficient (Wildman–Crippen LogP) is 4.52. The molecule has 41 heavy (non-hydrogen) atoms. The molecule has 0 N–H and O–H groups in total. The average molecular weight is 567 g/mol. The Bertz CT molecular complexity index is 1260. The molecule has 220 valence electrons. The van der Waals surface area contributed by atoms with Gasteiger partial charge in [-0.3, -0.25) is 19.2 Å². The molecule has 9 nitrogen and oxygen atoms in total. The SMILES string of the molecule is CCc1ccc(Cc2cc(C3O[C@H](COC(C)=O)[C@@H](OC(C)=O)C(OC(C)=O)[C@H]3OC(C)=O)ccc2C2CC2)cc1. The van der Waals surface area contributed by atoms with E-state index in [1.165, 1.54) is 44.4 Å². The van der Waals surface area contributed by atoms with Crippen LogP contribution in [0.25, 0.3) is 0 Å². The number of carbonyl (C=O) groups is 4. The molecule has 0 radical (unpaired) electrons. The fourth-order valence-corrected chi connectivity index (χ4v) is 5.36. The summed E-state index contributed by atoms with van der Waals surface area (Å²) in [4.78, 5) is 48.2. The highest BCUT2D eigenvalue weighted by Gasteiger charge is 2.52. The molecule has 2 aromatic carbocycles. The topological polar surface area (TPSA) is 114 Å². The summed E-state index contributed by atoms with van der Waals surface area (Å²) in [7, 11) is 0. The largest absolute Gasteiger partial charge is 0.463 e. The Hall–Kier alpha value is -3.72. The molecule has 1 saturated carbocycles. The maximum atomic E-state index is 12.3. The van der Waals surface area contributed by atoms with Gasteiger partial charge in [-0.05, 0) is 59.4 Å². The van der Waals surface area contributed by atoms with Crippen molar-refractivity contribution in [3.8, 4) is 0 Å². The second-order valence-electron chi connectivity index (χ2n) is 10.7. The fraction of sp³-hybridized carbons (Fsp3) is 0.500. The lowest BCUT2D eigenvalue weighted by Gasteiger charge is -2.44. The van der Waals surface area contributed by atoms with E-state index in [1.54, 1.807) is 0 Å². The van der Waals surface area contributed by atoms with Crippen LogP contribution in [-0.4, -0.2) is 54.9 Å². The average Bonchev–Trinajstić information content (AvgIpc) is 3.75. The van der Waals surface area contributed by atoms with Crippen LogP contribution in [0.3, 0.4) is 0 Å². The van der Waals surface area contributed by atoms with Gasteiger partial charge in [-0.1, -0.05) is 49.4 Å². The van der Waals surface area contributed by atoms with Crippen LogP contribution >= 0.6 is 0 Å². The van der Waals surface area contributed by atoms with Crippen molar-refractivity contribution >= 4 is 23.9 Å². The van der Waals surface area contributed by atoms with Gasteiger partial charge in [-0.15, -0.1) is 0 Å². The molecule has 1 aliphatic carbocycles. The van der Waals surface area contributed by atoms with E-state index in [1.807, 2.05) is 12.1 Å². The lowest BCUT2D eigenvalue weighted by molar-refractivity contribution is -0.254. The van der Waals surface area contributed by atoms with E-state index in [4.69, 9.17) is 23.7 Å². The maximum absolute atomic E-state index is 12.3. The van der Waals surface area contributed by atoms with Crippen molar-refractivity contribution in [3.05, 3.63) is 70.3 Å². The predicted molar refractivity (Wildman–Crippen MR) is 148 cm³/mol. The second-order valence-corrected chi connectivity index (χ2v) is 10.7. The van der Waals surface area contributed by atoms with Crippen molar-refractivity contribution in [1.82, 2.24) is 0 Å². The molecule has 0 aromatic heterocycles. The van der Waals surface area contributed by atoms with E-state index < -0.39 is 54.4 Å². The third-order valence-corrected chi connectivity index (χ3v) is 7.33. The highest BCUT2D eigenvalue weighted by atomic mass is 16.7. The molecule has 2 aromatic rings. The molecule has 2 unspecified atom stereocenters. The Morgan fingerprint density at radius 1 is 0.756 bits per heavy atom. The molecule has 0 bridgehead atoms. The summed E-state index contributed by atoms with van der Waals surface area (Å²) in [6.45, 7) is 6.78. The molecule has 2 fully saturated rings. The summed E-state index contributed by atoms with van der Waals surface area (Å²) in [5.41, 5.74) is 5.53. The van der Waals surface area contributed by atoms with Gasteiger partial charge in [0.05, 0.1) is 0 Å². The lowest BCUT2D eigenvalue weighted by Crippen LogP contribution is -2.59. The summed E-state index contributed by atoms with van der Waals surface area (Å²) >= 11 is 0. The summed E-state index contributed by atoms with van der Waals surface area (Å²) in [5.74, 6) is -2.00. The smallest absolute Gasteiger partial charge is 0.303 e. The maximum Gasteiger partial charge on any atom is 0.303 e. The zero-order valence-corrected chi connectivity index (χ0v) is 24.2. The molecule has 4 rings (SSSR count). The number of esters is 4. The zero-order chi connectivity index (χ0) is 29.7. The molecule has 1 saturated heterocycles. The van der Waals surface area contributed by atoms with Gasteiger partial charge in [-0.25, -0.2) is 0 Å². The van der Waals surface area contributed by atoms with Gasteiger partial charge in [0.25, 0.3) is 0 Å². The van der Waals surface area contributed by atoms with Crippen LogP contribution in [0.15, 0.2) is 42.5 Å². The van der Waals surface area contributed by atoms with Gasteiger partial charge in [0.1, 0.15) is 18.8 Å². The highest BCUT2D eigenvalue weighted by Crippen LogP contribution is 2.44. The van der Waals surface area contributed by atoms with Gasteiger partial charge >= 0.3 is 23.9 Å². The van der Waals surface area contributed by atoms with Crippen molar-refractivity contribution in [2.75, 3.05) is 6.61 Å². The quantitative estimate of drug-likeness (QED) is 0.303. The van der Waals surface area contributed by atoms with Crippen LogP contribution in [0.4, 0.5) is 0 Å². The van der Waals surface area contributed by atoms with E-state index >= 15 is 0 Å². The third kappa shape index (κ3) is 7.94. The van der Waals surface area contributed by atoms with Crippen molar-refractivity contribution < 1.29 is 42.9 Å². The van der Waals surface area contributed by atoms with E-state index in [2.05, 4.69) is 37.3 Å². The standard InChI is InChI=1S/C32H38O9/c1-6-22-7-9-23(10-8-22)15-26-16-25(13-14-27(26)24-11-12-24)29-31(39-20(4)35)32(40-21(5)36)30(38-19(3)34)28(41-29)17-37-18(2)33/h7-10,13-14,16,24,28-32H,6,11-12,15,17H2,1-5H3/t28-,29?,30-,31+,32?/m1/s1. The summed E-state index contributed by atoms with van der Waals surface area (Å²) in [5, 5.41) is 0. The van der Waals surface area contributed by atoms with E-state index in [0.717, 1.165) is 24.8 Å². The van der Waals surface area contributed by atoms with Crippen LogP contribution < -0.4 is 0 Å². The third-order valence-electron chi connectivity index (χ3n) is 7.33. The van der Waals surface area contributed by atoms with Crippen molar-refractivity contribution in [1.29, 1.82) is 0 Å². The number of ether oxygens (including phenoxy) is 5. The zero-order valence-electron chi connectivity index (χ0n) is 24.2. The van der Waals surface area contributed by atoms with Gasteiger partial charge < -0.3 is 23.7 Å². The van der Waals surface area contributed by atoms with Crippen LogP contribution in [0.1, 0.15) is 87.3 Å². The van der Waals surface area contributed by atoms with E-state index in [0.29, 0.717) is 17.9 Å². The Morgan fingerprint density at radius 2 is 1.34 bits per heavy atom. The molecular formula is C32H38O9. The van der Waals surface area contributed by atoms with Gasteiger partial charge in [-0.2, -0.15) is 0 Å². The lowest BCUT2D eigenvalue weighted by atomic mass is 9.87. The summed E-state index contributed by atoms with van der Waals surface area (Å²) < 4.78 is 28.4. The number of hydrogen-bond acceptors (Lipinski definition) is 9. The Balaban J connectivity index is 1.76. The molecule has 9 heteroatoms. The molecular weight excluding hydrogens is 528 g/mol. The first kappa shape index (κ1) is 30.2. The molecule has 1 aliphatic heterocycles. The minimum Gasteiger partial charge on any atom is -0.463 e. The molecule has 0 amide bonds. The molecule has 2 aliphatic rings. The first-order chi connectivity index (χ1) is 19.5. The minimum atomic E-state index is -1.20. The first-order valence-corrected chi connectivity index (χ1v) is 14.1.